The van der Waals surface area contributed by atoms with Crippen LogP contribution in [0.25, 0.3) is 0 Å². The van der Waals surface area contributed by atoms with Gasteiger partial charge in [0, 0.05) is 6.92 Å². The lowest BCUT2D eigenvalue weighted by atomic mass is 10.2. The molecule has 1 aromatic rings. The Labute approximate surface area is 99.4 Å². The van der Waals surface area contributed by atoms with Gasteiger partial charge in [0.2, 0.25) is 0 Å². The molecule has 0 saturated carbocycles. The maximum absolute atomic E-state index is 9.75. The number of hydrogen-bond donors (Lipinski definition) is 0. The second-order valence-electron chi connectivity index (χ2n) is 3.85. The van der Waals surface area contributed by atoms with Crippen molar-refractivity contribution in [3.8, 4) is 0 Å². The molecule has 2 nitrogen and oxygen atoms in total. The van der Waals surface area contributed by atoms with Crippen LogP contribution in [-0.2, 0) is 13.6 Å². The van der Waals surface area contributed by atoms with Gasteiger partial charge in [-0.3, -0.25) is 0 Å². The van der Waals surface area contributed by atoms with E-state index in [1.54, 1.807) is 0 Å². The highest BCUT2D eigenvalue weighted by atomic mass is 19.5. The monoisotopic (exact) mass is 254 g/mol. The van der Waals surface area contributed by atoms with E-state index in [0.29, 0.717) is 0 Å². The summed E-state index contributed by atoms with van der Waals surface area (Å²) in [6.07, 6.45) is 8.20. The predicted molar refractivity (Wildman–Crippen MR) is 60.1 cm³/mol. The molecule has 0 radical (unpaired) electrons. The third kappa shape index (κ3) is 8.77. The molecule has 0 aliphatic heterocycles. The van der Waals surface area contributed by atoms with Gasteiger partial charge in [0.1, 0.15) is 12.4 Å². The van der Waals surface area contributed by atoms with Crippen molar-refractivity contribution in [1.29, 1.82) is 0 Å². The molecule has 17 heavy (non-hydrogen) atoms. The van der Waals surface area contributed by atoms with Crippen molar-refractivity contribution in [3.05, 3.63) is 18.2 Å². The number of rotatable bonds is 4. The maximum Gasteiger partial charge on any atom is 0.673 e. The van der Waals surface area contributed by atoms with E-state index < -0.39 is 7.25 Å². The largest absolute Gasteiger partial charge is 0.673 e. The van der Waals surface area contributed by atoms with E-state index in [9.17, 15) is 17.3 Å². The van der Waals surface area contributed by atoms with E-state index >= 15 is 0 Å². The molecule has 0 aliphatic carbocycles. The third-order valence-electron chi connectivity index (χ3n) is 2.40. The Morgan fingerprint density at radius 1 is 1.24 bits per heavy atom. The number of imidazole rings is 1. The Balaban J connectivity index is 0.000000437. The van der Waals surface area contributed by atoms with Gasteiger partial charge in [0.05, 0.1) is 13.6 Å². The molecule has 0 bridgehead atoms. The molecule has 0 aliphatic rings. The summed E-state index contributed by atoms with van der Waals surface area (Å²) in [6, 6.07) is 0. The molecule has 0 amide bonds. The molecule has 1 rings (SSSR count). The van der Waals surface area contributed by atoms with E-state index in [1.165, 1.54) is 31.6 Å². The number of nitrogens with zero attached hydrogens (tertiary/aromatic N) is 2. The van der Waals surface area contributed by atoms with Gasteiger partial charge >= 0.3 is 7.25 Å². The van der Waals surface area contributed by atoms with Crippen molar-refractivity contribution in [3.63, 3.8) is 0 Å². The summed E-state index contributed by atoms with van der Waals surface area (Å²) in [4.78, 5) is 0. The Hall–Kier alpha value is -1.01. The van der Waals surface area contributed by atoms with Gasteiger partial charge in [-0.25, -0.2) is 9.13 Å². The first-order valence-electron chi connectivity index (χ1n) is 5.64. The van der Waals surface area contributed by atoms with Crippen LogP contribution in [0.2, 0.25) is 0 Å². The molecule has 0 fully saturated rings. The SMILES string of the molecule is CCCCCn1cc[n+](C)c1C.F[B-](F)(F)F. The fourth-order valence-electron chi connectivity index (χ4n) is 1.37. The van der Waals surface area contributed by atoms with Gasteiger partial charge < -0.3 is 17.3 Å². The number of hydrogen-bond acceptors (Lipinski definition) is 0. The zero-order valence-corrected chi connectivity index (χ0v) is 10.5. The van der Waals surface area contributed by atoms with Crippen molar-refractivity contribution in [2.45, 2.75) is 39.7 Å². The summed E-state index contributed by atoms with van der Waals surface area (Å²) in [7, 11) is -3.91. The molecule has 100 valence electrons. The predicted octanol–water partition coefficient (Wildman–Crippen LogP) is 3.11. The van der Waals surface area contributed by atoms with Gasteiger partial charge in [-0.05, 0) is 12.8 Å². The minimum absolute atomic E-state index is 1.17. The summed E-state index contributed by atoms with van der Waals surface area (Å²) >= 11 is 0. The fraction of sp³-hybridized carbons (Fsp3) is 0.700. The zero-order valence-electron chi connectivity index (χ0n) is 10.5. The number of aryl methyl sites for hydroxylation is 2. The van der Waals surface area contributed by atoms with Gasteiger partial charge in [0.25, 0.3) is 5.82 Å². The van der Waals surface area contributed by atoms with Crippen LogP contribution in [0, 0.1) is 6.92 Å². The van der Waals surface area contributed by atoms with Crippen LogP contribution >= 0.6 is 0 Å². The Morgan fingerprint density at radius 2 is 1.76 bits per heavy atom. The van der Waals surface area contributed by atoms with Crippen molar-refractivity contribution in [1.82, 2.24) is 4.57 Å². The molecule has 0 spiro atoms. The third-order valence-corrected chi connectivity index (χ3v) is 2.40. The molecule has 0 atom stereocenters. The zero-order chi connectivity index (χ0) is 13.5. The number of aromatic nitrogens is 2. The van der Waals surface area contributed by atoms with Crippen LogP contribution < -0.4 is 4.57 Å². The van der Waals surface area contributed by atoms with Crippen LogP contribution in [0.5, 0.6) is 0 Å². The number of unbranched alkanes of at least 4 members (excludes halogenated alkanes) is 2. The summed E-state index contributed by atoms with van der Waals surface area (Å²) < 4.78 is 43.5. The lowest BCUT2D eigenvalue weighted by Gasteiger charge is -1.97. The molecular weight excluding hydrogens is 235 g/mol. The summed E-state index contributed by atoms with van der Waals surface area (Å²) in [5.74, 6) is 1.34. The van der Waals surface area contributed by atoms with Crippen LogP contribution in [-0.4, -0.2) is 11.8 Å². The normalized spacial score (nSPS) is 11.0. The van der Waals surface area contributed by atoms with Gasteiger partial charge in [-0.2, -0.15) is 0 Å². The fourth-order valence-corrected chi connectivity index (χ4v) is 1.37. The average molecular weight is 254 g/mol. The molecule has 0 N–H and O–H groups in total. The second-order valence-corrected chi connectivity index (χ2v) is 3.85. The van der Waals surface area contributed by atoms with Gasteiger partial charge in [-0.15, -0.1) is 0 Å². The summed E-state index contributed by atoms with van der Waals surface area (Å²) in [5, 5.41) is 0. The van der Waals surface area contributed by atoms with E-state index in [4.69, 9.17) is 0 Å². The van der Waals surface area contributed by atoms with Crippen LogP contribution in [0.1, 0.15) is 32.0 Å². The van der Waals surface area contributed by atoms with Crippen LogP contribution in [0.4, 0.5) is 17.3 Å². The molecule has 7 heteroatoms. The number of halogens is 4. The topological polar surface area (TPSA) is 8.81 Å². The van der Waals surface area contributed by atoms with E-state index in [0.717, 1.165) is 0 Å². The second kappa shape index (κ2) is 7.35. The van der Waals surface area contributed by atoms with E-state index in [1.807, 2.05) is 0 Å². The standard InChI is InChI=1S/C10H19N2.BF4/c1-4-5-6-7-12-9-8-11(3)10(12)2;2-1(3,4)5/h8-9H,4-7H2,1-3H3;/q+1;-1. The first kappa shape index (κ1) is 16.0. The minimum Gasteiger partial charge on any atom is -0.418 e. The molecule has 1 aromatic heterocycles. The molecule has 0 unspecified atom stereocenters. The van der Waals surface area contributed by atoms with Gasteiger partial charge in [0.15, 0.2) is 0 Å². The molecular formula is C10H19BF4N2. The van der Waals surface area contributed by atoms with Crippen LogP contribution in [0.3, 0.4) is 0 Å². The van der Waals surface area contributed by atoms with Crippen molar-refractivity contribution >= 4 is 7.25 Å². The highest BCUT2D eigenvalue weighted by Gasteiger charge is 2.20. The van der Waals surface area contributed by atoms with E-state index in [-0.39, 0.29) is 0 Å². The van der Waals surface area contributed by atoms with Gasteiger partial charge in [-0.1, -0.05) is 13.3 Å². The minimum atomic E-state index is -6.00. The first-order valence-corrected chi connectivity index (χ1v) is 5.64. The van der Waals surface area contributed by atoms with Crippen molar-refractivity contribution in [2.75, 3.05) is 0 Å². The van der Waals surface area contributed by atoms with E-state index in [2.05, 4.69) is 42.4 Å². The highest BCUT2D eigenvalue weighted by molar-refractivity contribution is 6.50. The van der Waals surface area contributed by atoms with Crippen molar-refractivity contribution < 1.29 is 21.8 Å². The Morgan fingerprint density at radius 3 is 2.12 bits per heavy atom. The summed E-state index contributed by atoms with van der Waals surface area (Å²) in [6.45, 7) is 5.56. The molecule has 0 aromatic carbocycles. The van der Waals surface area contributed by atoms with Crippen LogP contribution in [0.15, 0.2) is 12.4 Å². The Kier molecular flexibility index (Phi) is 6.91. The lowest BCUT2D eigenvalue weighted by molar-refractivity contribution is -0.677. The van der Waals surface area contributed by atoms with Crippen molar-refractivity contribution in [2.24, 2.45) is 7.05 Å². The average Bonchev–Trinajstić information content (AvgIpc) is 2.47. The lowest BCUT2D eigenvalue weighted by Crippen LogP contribution is -2.29. The summed E-state index contributed by atoms with van der Waals surface area (Å²) in [5.41, 5.74) is 0. The molecule has 1 heterocycles. The molecule has 0 saturated heterocycles. The first-order chi connectivity index (χ1) is 7.75. The maximum atomic E-state index is 9.75. The Bertz CT molecular complexity index is 317. The quantitative estimate of drug-likeness (QED) is 0.338. The smallest absolute Gasteiger partial charge is 0.418 e. The highest BCUT2D eigenvalue weighted by Crippen LogP contribution is 2.06.